The standard InChI is InChI=1S/C25H29N5O3/c1-17-5-4-6-21(18(17)2)28-11-13-29(14-12-28)25(31)24-22-16-33-23(15-30(22)27-26-24)19-7-9-20(32-3)10-8-19/h4-10,23H,11-16H2,1-3H3. The van der Waals surface area contributed by atoms with Crippen molar-refractivity contribution in [1.29, 1.82) is 0 Å². The van der Waals surface area contributed by atoms with Crippen molar-refractivity contribution < 1.29 is 14.3 Å². The van der Waals surface area contributed by atoms with Crippen molar-refractivity contribution in [2.45, 2.75) is 33.1 Å². The molecule has 2 aliphatic heterocycles. The van der Waals surface area contributed by atoms with E-state index in [0.717, 1.165) is 30.1 Å². The third-order valence-electron chi connectivity index (χ3n) is 6.77. The zero-order chi connectivity index (χ0) is 22.9. The number of fused-ring (bicyclic) bond motifs is 1. The van der Waals surface area contributed by atoms with E-state index < -0.39 is 0 Å². The van der Waals surface area contributed by atoms with Crippen LogP contribution in [0.1, 0.15) is 39.0 Å². The van der Waals surface area contributed by atoms with E-state index in [9.17, 15) is 4.79 Å². The molecule has 1 atom stereocenters. The second-order valence-corrected chi connectivity index (χ2v) is 8.64. The van der Waals surface area contributed by atoms with Gasteiger partial charge in [0.25, 0.3) is 5.91 Å². The Balaban J connectivity index is 1.25. The molecule has 3 aromatic rings. The highest BCUT2D eigenvalue weighted by molar-refractivity contribution is 5.93. The lowest BCUT2D eigenvalue weighted by molar-refractivity contribution is -0.00198. The monoisotopic (exact) mass is 447 g/mol. The molecule has 5 rings (SSSR count). The van der Waals surface area contributed by atoms with Crippen molar-refractivity contribution in [3.05, 3.63) is 70.5 Å². The molecule has 172 valence electrons. The lowest BCUT2D eigenvalue weighted by atomic mass is 10.1. The highest BCUT2D eigenvalue weighted by atomic mass is 16.5. The number of benzene rings is 2. The summed E-state index contributed by atoms with van der Waals surface area (Å²) in [6.45, 7) is 8.06. The van der Waals surface area contributed by atoms with E-state index in [0.29, 0.717) is 31.9 Å². The van der Waals surface area contributed by atoms with Crippen molar-refractivity contribution in [1.82, 2.24) is 19.9 Å². The minimum atomic E-state index is -0.130. The second kappa shape index (κ2) is 8.86. The minimum absolute atomic E-state index is 0.0663. The molecular weight excluding hydrogens is 418 g/mol. The summed E-state index contributed by atoms with van der Waals surface area (Å²) in [6, 6.07) is 14.2. The number of hydrogen-bond acceptors (Lipinski definition) is 6. The van der Waals surface area contributed by atoms with Crippen LogP contribution in [-0.4, -0.2) is 59.1 Å². The summed E-state index contributed by atoms with van der Waals surface area (Å²) in [5.41, 5.74) is 6.04. The Morgan fingerprint density at radius 3 is 2.55 bits per heavy atom. The molecule has 1 amide bonds. The number of aryl methyl sites for hydroxylation is 1. The van der Waals surface area contributed by atoms with Crippen LogP contribution in [0.25, 0.3) is 0 Å². The zero-order valence-electron chi connectivity index (χ0n) is 19.3. The van der Waals surface area contributed by atoms with Gasteiger partial charge in [-0.1, -0.05) is 29.5 Å². The number of rotatable bonds is 4. The Labute approximate surface area is 193 Å². The van der Waals surface area contributed by atoms with Gasteiger partial charge >= 0.3 is 0 Å². The first-order chi connectivity index (χ1) is 16.0. The maximum atomic E-state index is 13.2. The SMILES string of the molecule is COc1ccc(C2Cn3nnc(C(=O)N4CCN(c5cccc(C)c5C)CC4)c3CO2)cc1. The van der Waals surface area contributed by atoms with Gasteiger partial charge in [-0.15, -0.1) is 5.10 Å². The summed E-state index contributed by atoms with van der Waals surface area (Å²) < 4.78 is 13.1. The Hall–Kier alpha value is -3.39. The van der Waals surface area contributed by atoms with E-state index in [1.165, 1.54) is 16.8 Å². The summed E-state index contributed by atoms with van der Waals surface area (Å²) in [5, 5.41) is 8.51. The van der Waals surface area contributed by atoms with Gasteiger partial charge in [-0.3, -0.25) is 4.79 Å². The summed E-state index contributed by atoms with van der Waals surface area (Å²) in [7, 11) is 1.65. The fourth-order valence-corrected chi connectivity index (χ4v) is 4.58. The Kier molecular flexibility index (Phi) is 5.76. The normalized spacial score (nSPS) is 18.2. The van der Waals surface area contributed by atoms with Crippen LogP contribution in [0, 0.1) is 13.8 Å². The molecule has 0 saturated carbocycles. The number of aromatic nitrogens is 3. The Bertz CT molecular complexity index is 1150. The topological polar surface area (TPSA) is 72.7 Å². The van der Waals surface area contributed by atoms with Crippen LogP contribution in [0.2, 0.25) is 0 Å². The van der Waals surface area contributed by atoms with Gasteiger partial charge < -0.3 is 19.3 Å². The van der Waals surface area contributed by atoms with Crippen LogP contribution in [0.15, 0.2) is 42.5 Å². The number of carbonyl (C=O) groups is 1. The summed E-state index contributed by atoms with van der Waals surface area (Å²) >= 11 is 0. The molecule has 0 radical (unpaired) electrons. The lowest BCUT2D eigenvalue weighted by Gasteiger charge is -2.37. The molecule has 1 fully saturated rings. The van der Waals surface area contributed by atoms with Gasteiger partial charge in [0, 0.05) is 31.9 Å². The molecule has 1 aromatic heterocycles. The summed E-state index contributed by atoms with van der Waals surface area (Å²) in [4.78, 5) is 17.5. The van der Waals surface area contributed by atoms with Gasteiger partial charge in [-0.2, -0.15) is 0 Å². The largest absolute Gasteiger partial charge is 0.497 e. The molecule has 2 aromatic carbocycles. The number of amides is 1. The average molecular weight is 448 g/mol. The van der Waals surface area contributed by atoms with E-state index >= 15 is 0 Å². The fourth-order valence-electron chi connectivity index (χ4n) is 4.58. The van der Waals surface area contributed by atoms with Crippen LogP contribution >= 0.6 is 0 Å². The third kappa shape index (κ3) is 4.06. The van der Waals surface area contributed by atoms with Crippen molar-refractivity contribution in [3.63, 3.8) is 0 Å². The Morgan fingerprint density at radius 1 is 1.06 bits per heavy atom. The molecule has 3 heterocycles. The second-order valence-electron chi connectivity index (χ2n) is 8.64. The molecule has 0 bridgehead atoms. The van der Waals surface area contributed by atoms with Gasteiger partial charge in [0.05, 0.1) is 26.0 Å². The summed E-state index contributed by atoms with van der Waals surface area (Å²) in [5.74, 6) is 0.741. The third-order valence-corrected chi connectivity index (χ3v) is 6.77. The molecule has 0 N–H and O–H groups in total. The van der Waals surface area contributed by atoms with Crippen molar-refractivity contribution in [2.75, 3.05) is 38.2 Å². The molecule has 2 aliphatic rings. The molecule has 1 unspecified atom stereocenters. The molecule has 0 spiro atoms. The van der Waals surface area contributed by atoms with Crippen molar-refractivity contribution in [3.8, 4) is 5.75 Å². The van der Waals surface area contributed by atoms with Gasteiger partial charge in [0.2, 0.25) is 0 Å². The predicted octanol–water partition coefficient (Wildman–Crippen LogP) is 3.14. The van der Waals surface area contributed by atoms with Crippen molar-refractivity contribution >= 4 is 11.6 Å². The van der Waals surface area contributed by atoms with Crippen molar-refractivity contribution in [2.24, 2.45) is 0 Å². The maximum Gasteiger partial charge on any atom is 0.276 e. The number of methoxy groups -OCH3 is 1. The smallest absolute Gasteiger partial charge is 0.276 e. The van der Waals surface area contributed by atoms with E-state index in [1.54, 1.807) is 11.8 Å². The fraction of sp³-hybridized carbons (Fsp3) is 0.400. The zero-order valence-corrected chi connectivity index (χ0v) is 19.3. The lowest BCUT2D eigenvalue weighted by Crippen LogP contribution is -2.49. The van der Waals surface area contributed by atoms with E-state index in [4.69, 9.17) is 9.47 Å². The first kappa shape index (κ1) is 21.5. The van der Waals surface area contributed by atoms with Gasteiger partial charge in [-0.25, -0.2) is 4.68 Å². The minimum Gasteiger partial charge on any atom is -0.497 e. The number of piperazine rings is 1. The number of carbonyl (C=O) groups excluding carboxylic acids is 1. The van der Waals surface area contributed by atoms with Gasteiger partial charge in [0.15, 0.2) is 5.69 Å². The van der Waals surface area contributed by atoms with Crippen LogP contribution < -0.4 is 9.64 Å². The van der Waals surface area contributed by atoms with Crippen LogP contribution in [0.5, 0.6) is 5.75 Å². The maximum absolute atomic E-state index is 13.2. The highest BCUT2D eigenvalue weighted by Gasteiger charge is 2.31. The Morgan fingerprint density at radius 2 is 1.82 bits per heavy atom. The van der Waals surface area contributed by atoms with Gasteiger partial charge in [0.1, 0.15) is 11.9 Å². The average Bonchev–Trinajstić information content (AvgIpc) is 3.29. The number of nitrogens with zero attached hydrogens (tertiary/aromatic N) is 5. The summed E-state index contributed by atoms with van der Waals surface area (Å²) in [6.07, 6.45) is -0.130. The molecular formula is C25H29N5O3. The number of hydrogen-bond donors (Lipinski definition) is 0. The molecule has 0 aliphatic carbocycles. The van der Waals surface area contributed by atoms with Crippen LogP contribution in [0.4, 0.5) is 5.69 Å². The highest BCUT2D eigenvalue weighted by Crippen LogP contribution is 2.29. The van der Waals surface area contributed by atoms with E-state index in [2.05, 4.69) is 47.3 Å². The molecule has 1 saturated heterocycles. The van der Waals surface area contributed by atoms with Crippen LogP contribution in [0.3, 0.4) is 0 Å². The molecule has 8 nitrogen and oxygen atoms in total. The van der Waals surface area contributed by atoms with E-state index in [1.807, 2.05) is 29.2 Å². The molecule has 8 heteroatoms. The first-order valence-corrected chi connectivity index (χ1v) is 11.3. The van der Waals surface area contributed by atoms with E-state index in [-0.39, 0.29) is 12.0 Å². The first-order valence-electron chi connectivity index (χ1n) is 11.3. The van der Waals surface area contributed by atoms with Crippen LogP contribution in [-0.2, 0) is 17.9 Å². The molecule has 33 heavy (non-hydrogen) atoms. The quantitative estimate of drug-likeness (QED) is 0.612. The number of ether oxygens (including phenoxy) is 2. The van der Waals surface area contributed by atoms with Gasteiger partial charge in [-0.05, 0) is 48.7 Å². The number of anilines is 1. The predicted molar refractivity (Wildman–Crippen MR) is 125 cm³/mol.